The highest BCUT2D eigenvalue weighted by Crippen LogP contribution is 2.20. The third-order valence-electron chi connectivity index (χ3n) is 2.76. The predicted octanol–water partition coefficient (Wildman–Crippen LogP) is 3.46. The van der Waals surface area contributed by atoms with Gasteiger partial charge < -0.3 is 10.4 Å². The molecule has 0 aliphatic heterocycles. The lowest BCUT2D eigenvalue weighted by Crippen LogP contribution is -2.09. The lowest BCUT2D eigenvalue weighted by atomic mass is 10.1. The number of aromatic nitrogens is 1. The second kappa shape index (κ2) is 5.84. The minimum Gasteiger partial charge on any atom is -0.478 e. The summed E-state index contributed by atoms with van der Waals surface area (Å²) >= 11 is 3.41. The van der Waals surface area contributed by atoms with Crippen LogP contribution in [0.15, 0.2) is 41.0 Å². The van der Waals surface area contributed by atoms with Crippen molar-refractivity contribution in [1.82, 2.24) is 4.98 Å². The molecule has 1 heterocycles. The SMILES string of the molecule is Cc1cc(Br)ccc1NCc1ncccc1C(=O)O. The van der Waals surface area contributed by atoms with Crippen molar-refractivity contribution in [2.24, 2.45) is 0 Å². The number of carboxylic acids is 1. The third kappa shape index (κ3) is 3.32. The molecule has 1 aromatic carbocycles. The minimum absolute atomic E-state index is 0.227. The fourth-order valence-corrected chi connectivity index (χ4v) is 2.25. The van der Waals surface area contributed by atoms with Crippen molar-refractivity contribution >= 4 is 27.6 Å². The van der Waals surface area contributed by atoms with Crippen LogP contribution in [0.4, 0.5) is 5.69 Å². The molecule has 2 aromatic rings. The highest BCUT2D eigenvalue weighted by atomic mass is 79.9. The lowest BCUT2D eigenvalue weighted by Gasteiger charge is -2.10. The minimum atomic E-state index is -0.961. The van der Waals surface area contributed by atoms with Gasteiger partial charge in [0, 0.05) is 16.4 Å². The number of carbonyl (C=O) groups is 1. The van der Waals surface area contributed by atoms with E-state index in [1.54, 1.807) is 18.3 Å². The first kappa shape index (κ1) is 13.5. The second-order valence-corrected chi connectivity index (χ2v) is 5.03. The second-order valence-electron chi connectivity index (χ2n) is 4.12. The fourth-order valence-electron chi connectivity index (χ4n) is 1.78. The molecule has 98 valence electrons. The van der Waals surface area contributed by atoms with Crippen molar-refractivity contribution in [3.63, 3.8) is 0 Å². The van der Waals surface area contributed by atoms with E-state index in [-0.39, 0.29) is 5.56 Å². The smallest absolute Gasteiger partial charge is 0.337 e. The summed E-state index contributed by atoms with van der Waals surface area (Å²) < 4.78 is 1.01. The topological polar surface area (TPSA) is 62.2 Å². The molecule has 0 saturated heterocycles. The first-order valence-corrected chi connectivity index (χ1v) is 6.54. The Balaban J connectivity index is 2.17. The van der Waals surface area contributed by atoms with Gasteiger partial charge >= 0.3 is 5.97 Å². The van der Waals surface area contributed by atoms with Gasteiger partial charge in [0.2, 0.25) is 0 Å². The number of nitrogens with zero attached hydrogens (tertiary/aromatic N) is 1. The van der Waals surface area contributed by atoms with Crippen LogP contribution < -0.4 is 5.32 Å². The average Bonchev–Trinajstić information content (AvgIpc) is 2.38. The Labute approximate surface area is 119 Å². The van der Waals surface area contributed by atoms with Crippen LogP contribution in [-0.2, 0) is 6.54 Å². The van der Waals surface area contributed by atoms with E-state index in [0.29, 0.717) is 12.2 Å². The molecule has 0 aliphatic rings. The van der Waals surface area contributed by atoms with Gasteiger partial charge in [-0.05, 0) is 42.8 Å². The Morgan fingerprint density at radius 3 is 2.89 bits per heavy atom. The van der Waals surface area contributed by atoms with Gasteiger partial charge in [0.1, 0.15) is 0 Å². The van der Waals surface area contributed by atoms with Crippen molar-refractivity contribution in [1.29, 1.82) is 0 Å². The zero-order valence-corrected chi connectivity index (χ0v) is 11.9. The molecule has 1 aromatic heterocycles. The molecule has 4 nitrogen and oxygen atoms in total. The number of aromatic carboxylic acids is 1. The third-order valence-corrected chi connectivity index (χ3v) is 3.25. The van der Waals surface area contributed by atoms with Gasteiger partial charge in [-0.2, -0.15) is 0 Å². The normalized spacial score (nSPS) is 10.2. The maximum Gasteiger partial charge on any atom is 0.337 e. The van der Waals surface area contributed by atoms with E-state index < -0.39 is 5.97 Å². The number of nitrogens with one attached hydrogen (secondary N) is 1. The molecule has 2 rings (SSSR count). The van der Waals surface area contributed by atoms with E-state index in [1.165, 1.54) is 0 Å². The summed E-state index contributed by atoms with van der Waals surface area (Å²) in [5.74, 6) is -0.961. The summed E-state index contributed by atoms with van der Waals surface area (Å²) in [7, 11) is 0. The van der Waals surface area contributed by atoms with Crippen molar-refractivity contribution in [2.45, 2.75) is 13.5 Å². The van der Waals surface area contributed by atoms with Crippen LogP contribution in [0.25, 0.3) is 0 Å². The Hall–Kier alpha value is -1.88. The van der Waals surface area contributed by atoms with Crippen molar-refractivity contribution in [2.75, 3.05) is 5.32 Å². The average molecular weight is 321 g/mol. The number of carboxylic acid groups (broad SMARTS) is 1. The van der Waals surface area contributed by atoms with Crippen LogP contribution in [0.2, 0.25) is 0 Å². The molecule has 5 heteroatoms. The fraction of sp³-hybridized carbons (Fsp3) is 0.143. The number of rotatable bonds is 4. The molecule has 0 spiro atoms. The first-order valence-electron chi connectivity index (χ1n) is 5.75. The summed E-state index contributed by atoms with van der Waals surface area (Å²) in [5.41, 5.74) is 2.80. The quantitative estimate of drug-likeness (QED) is 0.905. The van der Waals surface area contributed by atoms with Gasteiger partial charge in [0.15, 0.2) is 0 Å². The summed E-state index contributed by atoms with van der Waals surface area (Å²) in [6.07, 6.45) is 1.60. The van der Waals surface area contributed by atoms with Gasteiger partial charge in [0.05, 0.1) is 17.8 Å². The number of benzene rings is 1. The Morgan fingerprint density at radius 1 is 1.42 bits per heavy atom. The summed E-state index contributed by atoms with van der Waals surface area (Å²) in [4.78, 5) is 15.2. The summed E-state index contributed by atoms with van der Waals surface area (Å²) in [6, 6.07) is 9.06. The highest BCUT2D eigenvalue weighted by Gasteiger charge is 2.10. The Kier molecular flexibility index (Phi) is 4.16. The van der Waals surface area contributed by atoms with Crippen LogP contribution in [0.5, 0.6) is 0 Å². The molecular weight excluding hydrogens is 308 g/mol. The molecule has 0 fully saturated rings. The van der Waals surface area contributed by atoms with Gasteiger partial charge in [0.25, 0.3) is 0 Å². The van der Waals surface area contributed by atoms with Crippen LogP contribution in [0, 0.1) is 6.92 Å². The molecule has 0 atom stereocenters. The highest BCUT2D eigenvalue weighted by molar-refractivity contribution is 9.10. The number of halogens is 1. The van der Waals surface area contributed by atoms with E-state index in [1.807, 2.05) is 25.1 Å². The largest absolute Gasteiger partial charge is 0.478 e. The maximum atomic E-state index is 11.1. The number of anilines is 1. The van der Waals surface area contributed by atoms with Gasteiger partial charge in [-0.15, -0.1) is 0 Å². The number of hydrogen-bond donors (Lipinski definition) is 2. The van der Waals surface area contributed by atoms with Gasteiger partial charge in [-0.25, -0.2) is 4.79 Å². The predicted molar refractivity (Wildman–Crippen MR) is 77.4 cm³/mol. The standard InChI is InChI=1S/C14H13BrN2O2/c1-9-7-10(15)4-5-12(9)17-8-13-11(14(18)19)3-2-6-16-13/h2-7,17H,8H2,1H3,(H,18,19). The molecular formula is C14H13BrN2O2. The molecule has 0 amide bonds. The zero-order chi connectivity index (χ0) is 13.8. The van der Waals surface area contributed by atoms with Crippen molar-refractivity contribution in [3.05, 3.63) is 57.8 Å². The Bertz CT molecular complexity index is 614. The molecule has 0 unspecified atom stereocenters. The van der Waals surface area contributed by atoms with Gasteiger partial charge in [-0.3, -0.25) is 4.98 Å². The summed E-state index contributed by atoms with van der Waals surface area (Å²) in [6.45, 7) is 2.37. The zero-order valence-electron chi connectivity index (χ0n) is 10.4. The first-order chi connectivity index (χ1) is 9.08. The number of pyridine rings is 1. The van der Waals surface area contributed by atoms with Crippen LogP contribution >= 0.6 is 15.9 Å². The molecule has 2 N–H and O–H groups in total. The molecule has 0 aliphatic carbocycles. The number of aryl methyl sites for hydroxylation is 1. The van der Waals surface area contributed by atoms with Gasteiger partial charge in [-0.1, -0.05) is 15.9 Å². The molecule has 19 heavy (non-hydrogen) atoms. The Morgan fingerprint density at radius 2 is 2.21 bits per heavy atom. The molecule has 0 saturated carbocycles. The van der Waals surface area contributed by atoms with E-state index in [2.05, 4.69) is 26.2 Å². The van der Waals surface area contributed by atoms with Crippen molar-refractivity contribution < 1.29 is 9.90 Å². The van der Waals surface area contributed by atoms with Crippen LogP contribution in [0.1, 0.15) is 21.6 Å². The van der Waals surface area contributed by atoms with Crippen LogP contribution in [-0.4, -0.2) is 16.1 Å². The lowest BCUT2D eigenvalue weighted by molar-refractivity contribution is 0.0695. The monoisotopic (exact) mass is 320 g/mol. The van der Waals surface area contributed by atoms with E-state index in [0.717, 1.165) is 15.7 Å². The molecule has 0 bridgehead atoms. The maximum absolute atomic E-state index is 11.1. The number of hydrogen-bond acceptors (Lipinski definition) is 3. The molecule has 0 radical (unpaired) electrons. The van der Waals surface area contributed by atoms with Crippen LogP contribution in [0.3, 0.4) is 0 Å². The summed E-state index contributed by atoms with van der Waals surface area (Å²) in [5, 5.41) is 12.3. The van der Waals surface area contributed by atoms with Crippen molar-refractivity contribution in [3.8, 4) is 0 Å². The van der Waals surface area contributed by atoms with E-state index in [4.69, 9.17) is 5.11 Å². The van der Waals surface area contributed by atoms with E-state index >= 15 is 0 Å². The van der Waals surface area contributed by atoms with E-state index in [9.17, 15) is 4.79 Å².